The van der Waals surface area contributed by atoms with Crippen LogP contribution in [-0.2, 0) is 9.53 Å². The lowest BCUT2D eigenvalue weighted by Crippen LogP contribution is -2.32. The Morgan fingerprint density at radius 2 is 1.62 bits per heavy atom. The average molecular weight is 442 g/mol. The van der Waals surface area contributed by atoms with E-state index < -0.39 is 5.97 Å². The van der Waals surface area contributed by atoms with Crippen molar-refractivity contribution >= 4 is 58.4 Å². The summed E-state index contributed by atoms with van der Waals surface area (Å²) >= 11 is 9.24. The van der Waals surface area contributed by atoms with Gasteiger partial charge in [-0.3, -0.25) is 9.69 Å². The molecule has 0 aliphatic carbocycles. The van der Waals surface area contributed by atoms with Gasteiger partial charge in [-0.05, 0) is 48.7 Å². The molecule has 4 rings (SSSR count). The molecule has 29 heavy (non-hydrogen) atoms. The van der Waals surface area contributed by atoms with E-state index in [0.717, 1.165) is 26.1 Å². The molecule has 0 radical (unpaired) electrons. The maximum atomic E-state index is 13.1. The second kappa shape index (κ2) is 8.53. The van der Waals surface area contributed by atoms with Crippen LogP contribution >= 0.6 is 35.1 Å². The Morgan fingerprint density at radius 1 is 1.00 bits per heavy atom. The number of anilines is 2. The Hall–Kier alpha value is -2.41. The molecule has 1 heterocycles. The van der Waals surface area contributed by atoms with Gasteiger partial charge in [-0.25, -0.2) is 4.79 Å². The molecule has 3 aromatic carbocycles. The van der Waals surface area contributed by atoms with Crippen molar-refractivity contribution < 1.29 is 14.3 Å². The van der Waals surface area contributed by atoms with E-state index >= 15 is 0 Å². The Balaban J connectivity index is 1.57. The van der Waals surface area contributed by atoms with Crippen LogP contribution < -0.4 is 4.90 Å². The largest absolute Gasteiger partial charge is 0.452 e. The van der Waals surface area contributed by atoms with E-state index in [1.807, 2.05) is 60.9 Å². The van der Waals surface area contributed by atoms with E-state index in [1.165, 1.54) is 11.8 Å². The minimum absolute atomic E-state index is 0.251. The van der Waals surface area contributed by atoms with Crippen LogP contribution in [0.4, 0.5) is 11.4 Å². The van der Waals surface area contributed by atoms with Gasteiger partial charge in [0.25, 0.3) is 5.91 Å². The molecule has 0 aromatic heterocycles. The Bertz CT molecular complexity index is 1060. The van der Waals surface area contributed by atoms with Gasteiger partial charge in [0.2, 0.25) is 0 Å². The van der Waals surface area contributed by atoms with Crippen LogP contribution in [-0.4, -0.2) is 24.7 Å². The van der Waals surface area contributed by atoms with Gasteiger partial charge >= 0.3 is 5.97 Å². The quantitative estimate of drug-likeness (QED) is 0.364. The number of halogens is 1. The first-order chi connectivity index (χ1) is 14.1. The zero-order valence-corrected chi connectivity index (χ0v) is 17.8. The maximum absolute atomic E-state index is 13.1. The molecule has 146 valence electrons. The van der Waals surface area contributed by atoms with Crippen molar-refractivity contribution in [2.75, 3.05) is 17.8 Å². The fraction of sp³-hybridized carbons (Fsp3) is 0.0909. The van der Waals surface area contributed by atoms with Crippen LogP contribution in [0.2, 0.25) is 5.02 Å². The van der Waals surface area contributed by atoms with Crippen molar-refractivity contribution in [1.82, 2.24) is 0 Å². The third-order valence-corrected chi connectivity index (χ3v) is 6.59. The molecule has 0 saturated heterocycles. The maximum Gasteiger partial charge on any atom is 0.340 e. The number of amides is 1. The summed E-state index contributed by atoms with van der Waals surface area (Å²) in [5.41, 5.74) is 1.81. The minimum Gasteiger partial charge on any atom is -0.452 e. The van der Waals surface area contributed by atoms with Crippen LogP contribution in [0.5, 0.6) is 0 Å². The normalized spacial score (nSPS) is 12.1. The smallest absolute Gasteiger partial charge is 0.340 e. The molecule has 0 unspecified atom stereocenters. The van der Waals surface area contributed by atoms with E-state index in [-0.39, 0.29) is 18.1 Å². The number of nitrogens with zero attached hydrogens (tertiary/aromatic N) is 1. The molecular weight excluding hydrogens is 426 g/mol. The SMILES string of the molecule is CSc1ccc(Cl)c(C(=O)OCC(=O)N2c3ccccc3Sc3ccccc32)c1. The zero-order chi connectivity index (χ0) is 20.4. The summed E-state index contributed by atoms with van der Waals surface area (Å²) in [4.78, 5) is 30.0. The summed E-state index contributed by atoms with van der Waals surface area (Å²) in [5, 5.41) is 0.297. The summed E-state index contributed by atoms with van der Waals surface area (Å²) < 4.78 is 5.32. The molecule has 1 amide bonds. The highest BCUT2D eigenvalue weighted by molar-refractivity contribution is 7.99. The van der Waals surface area contributed by atoms with Gasteiger partial charge in [-0.1, -0.05) is 47.6 Å². The number of fused-ring (bicyclic) bond motifs is 2. The second-order valence-electron chi connectivity index (χ2n) is 6.19. The number of carbonyl (C=O) groups excluding carboxylic acids is 2. The molecule has 0 spiro atoms. The number of ether oxygens (including phenoxy) is 1. The Kier molecular flexibility index (Phi) is 5.85. The highest BCUT2D eigenvalue weighted by Crippen LogP contribution is 2.47. The van der Waals surface area contributed by atoms with Gasteiger partial charge in [0.1, 0.15) is 0 Å². The third kappa shape index (κ3) is 4.01. The summed E-state index contributed by atoms with van der Waals surface area (Å²) in [6.45, 7) is -0.383. The van der Waals surface area contributed by atoms with Gasteiger partial charge in [0, 0.05) is 14.7 Å². The number of esters is 1. The van der Waals surface area contributed by atoms with E-state index in [9.17, 15) is 9.59 Å². The van der Waals surface area contributed by atoms with Crippen LogP contribution in [0.3, 0.4) is 0 Å². The van der Waals surface area contributed by atoms with Crippen LogP contribution in [0.15, 0.2) is 81.4 Å². The van der Waals surface area contributed by atoms with Gasteiger partial charge < -0.3 is 4.74 Å². The van der Waals surface area contributed by atoms with Crippen molar-refractivity contribution in [2.45, 2.75) is 14.7 Å². The molecule has 0 fully saturated rings. The zero-order valence-electron chi connectivity index (χ0n) is 15.4. The molecule has 0 atom stereocenters. The van der Waals surface area contributed by atoms with Crippen molar-refractivity contribution in [3.8, 4) is 0 Å². The van der Waals surface area contributed by atoms with Crippen molar-refractivity contribution in [2.24, 2.45) is 0 Å². The summed E-state index contributed by atoms with van der Waals surface area (Å²) in [7, 11) is 0. The first-order valence-corrected chi connectivity index (χ1v) is 11.2. The molecule has 0 N–H and O–H groups in total. The molecule has 4 nitrogen and oxygen atoms in total. The van der Waals surface area contributed by atoms with Crippen molar-refractivity contribution in [3.63, 3.8) is 0 Å². The lowest BCUT2D eigenvalue weighted by molar-refractivity contribution is -0.121. The molecular formula is C22H16ClNO3S2. The van der Waals surface area contributed by atoms with Crippen molar-refractivity contribution in [1.29, 1.82) is 0 Å². The number of hydrogen-bond acceptors (Lipinski definition) is 5. The Labute approximate surface area is 182 Å². The predicted molar refractivity (Wildman–Crippen MR) is 118 cm³/mol. The van der Waals surface area contributed by atoms with E-state index in [4.69, 9.17) is 16.3 Å². The molecule has 1 aliphatic heterocycles. The van der Waals surface area contributed by atoms with Crippen LogP contribution in [0.25, 0.3) is 0 Å². The van der Waals surface area contributed by atoms with Crippen molar-refractivity contribution in [3.05, 3.63) is 77.3 Å². The predicted octanol–water partition coefficient (Wildman–Crippen LogP) is 6.05. The van der Waals surface area contributed by atoms with Crippen LogP contribution in [0.1, 0.15) is 10.4 Å². The fourth-order valence-corrected chi connectivity index (χ4v) is 4.72. The average Bonchev–Trinajstić information content (AvgIpc) is 2.75. The number of hydrogen-bond donors (Lipinski definition) is 0. The van der Waals surface area contributed by atoms with Gasteiger partial charge in [0.15, 0.2) is 6.61 Å². The number of carbonyl (C=O) groups is 2. The van der Waals surface area contributed by atoms with E-state index in [2.05, 4.69) is 0 Å². The first kappa shape index (κ1) is 19.9. The molecule has 1 aliphatic rings. The van der Waals surface area contributed by atoms with E-state index in [0.29, 0.717) is 5.02 Å². The van der Waals surface area contributed by atoms with E-state index in [1.54, 1.807) is 28.8 Å². The number of benzene rings is 3. The molecule has 0 bridgehead atoms. The first-order valence-electron chi connectivity index (χ1n) is 8.78. The Morgan fingerprint density at radius 3 is 2.24 bits per heavy atom. The lowest BCUT2D eigenvalue weighted by Gasteiger charge is -2.30. The lowest BCUT2D eigenvalue weighted by atomic mass is 10.2. The number of rotatable bonds is 4. The van der Waals surface area contributed by atoms with Gasteiger partial charge in [-0.2, -0.15) is 0 Å². The highest BCUT2D eigenvalue weighted by atomic mass is 35.5. The second-order valence-corrected chi connectivity index (χ2v) is 8.56. The fourth-order valence-electron chi connectivity index (χ4n) is 3.03. The minimum atomic E-state index is -0.618. The van der Waals surface area contributed by atoms with Gasteiger partial charge in [-0.15, -0.1) is 11.8 Å². The summed E-state index contributed by atoms with van der Waals surface area (Å²) in [5.74, 6) is -0.942. The number of para-hydroxylation sites is 2. The standard InChI is InChI=1S/C22H16ClNO3S2/c1-28-14-10-11-16(23)15(12-14)22(26)27-13-21(25)24-17-6-2-4-8-19(17)29-20-9-5-3-7-18(20)24/h2-12H,13H2,1H3. The summed E-state index contributed by atoms with van der Waals surface area (Å²) in [6, 6.07) is 20.5. The highest BCUT2D eigenvalue weighted by Gasteiger charge is 2.28. The molecule has 0 saturated carbocycles. The van der Waals surface area contributed by atoms with Gasteiger partial charge in [0.05, 0.1) is 22.0 Å². The third-order valence-electron chi connectivity index (χ3n) is 4.40. The van der Waals surface area contributed by atoms with Crippen LogP contribution in [0, 0.1) is 0 Å². The monoisotopic (exact) mass is 441 g/mol. The number of thioether (sulfide) groups is 1. The molecule has 3 aromatic rings. The topological polar surface area (TPSA) is 46.6 Å². The summed E-state index contributed by atoms with van der Waals surface area (Å²) in [6.07, 6.45) is 1.91. The molecule has 7 heteroatoms.